The number of hydrogen-bond acceptors (Lipinski definition) is 4. The fourth-order valence-corrected chi connectivity index (χ4v) is 4.76. The average Bonchev–Trinajstić information content (AvgIpc) is 3.24. The van der Waals surface area contributed by atoms with Gasteiger partial charge in [-0.3, -0.25) is 14.8 Å². The van der Waals surface area contributed by atoms with E-state index in [1.807, 2.05) is 65.3 Å². The molecule has 1 aromatic carbocycles. The summed E-state index contributed by atoms with van der Waals surface area (Å²) in [6.45, 7) is 0. The zero-order valence-electron chi connectivity index (χ0n) is 15.9. The molecule has 29 heavy (non-hydrogen) atoms. The summed E-state index contributed by atoms with van der Waals surface area (Å²) in [5.41, 5.74) is 5.76. The smallest absolute Gasteiger partial charge is 0.254 e. The number of pyridine rings is 2. The Balaban J connectivity index is 1.41. The first-order valence-electron chi connectivity index (χ1n) is 9.84. The molecule has 0 bridgehead atoms. The first-order valence-corrected chi connectivity index (χ1v) is 9.84. The van der Waals surface area contributed by atoms with Gasteiger partial charge >= 0.3 is 0 Å². The van der Waals surface area contributed by atoms with Crippen molar-refractivity contribution in [3.8, 4) is 5.69 Å². The summed E-state index contributed by atoms with van der Waals surface area (Å²) >= 11 is 0. The molecule has 3 atom stereocenters. The first-order chi connectivity index (χ1) is 14.2. The van der Waals surface area contributed by atoms with E-state index in [9.17, 15) is 4.79 Å². The van der Waals surface area contributed by atoms with Crippen LogP contribution in [0.3, 0.4) is 0 Å². The molecule has 1 amide bonds. The van der Waals surface area contributed by atoms with E-state index in [0.717, 1.165) is 40.0 Å². The van der Waals surface area contributed by atoms with Gasteiger partial charge in [0.25, 0.3) is 5.91 Å². The Hall–Kier alpha value is -3.54. The molecule has 3 unspecified atom stereocenters. The number of carbonyl (C=O) groups excluding carboxylic acids is 1. The van der Waals surface area contributed by atoms with Gasteiger partial charge in [0.2, 0.25) is 0 Å². The molecule has 0 N–H and O–H groups in total. The minimum absolute atomic E-state index is 0.0364. The van der Waals surface area contributed by atoms with Crippen LogP contribution in [0.25, 0.3) is 16.7 Å². The molecule has 0 saturated heterocycles. The number of aromatic nitrogens is 4. The standard InChI is InChI=1S/C23H19N5O/c1-27-22(16-13-15(16)17-8-9-18-19(26-17)6-3-10-24-18)21-14(23(27)29)5-2-7-20(21)28-12-4-11-25-28/h2-12,15-16,22H,13H2,1H3. The molecule has 4 aromatic rings. The van der Waals surface area contributed by atoms with Gasteiger partial charge in [-0.1, -0.05) is 6.07 Å². The lowest BCUT2D eigenvalue weighted by atomic mass is 9.97. The van der Waals surface area contributed by atoms with Crippen molar-refractivity contribution in [3.63, 3.8) is 0 Å². The Morgan fingerprint density at radius 3 is 2.79 bits per heavy atom. The molecule has 1 saturated carbocycles. The Bertz CT molecular complexity index is 1250. The van der Waals surface area contributed by atoms with E-state index in [1.165, 1.54) is 0 Å². The Morgan fingerprint density at radius 1 is 1.00 bits per heavy atom. The van der Waals surface area contributed by atoms with Crippen LogP contribution in [0.2, 0.25) is 0 Å². The molecule has 6 rings (SSSR count). The summed E-state index contributed by atoms with van der Waals surface area (Å²) in [5.74, 6) is 0.778. The van der Waals surface area contributed by atoms with Crippen LogP contribution in [0.4, 0.5) is 0 Å². The number of nitrogens with zero attached hydrogens (tertiary/aromatic N) is 5. The third-order valence-corrected chi connectivity index (χ3v) is 6.20. The van der Waals surface area contributed by atoms with Crippen LogP contribution in [0.1, 0.15) is 40.0 Å². The molecule has 1 aliphatic carbocycles. The highest BCUT2D eigenvalue weighted by molar-refractivity contribution is 6.00. The van der Waals surface area contributed by atoms with Crippen LogP contribution in [-0.2, 0) is 0 Å². The first kappa shape index (κ1) is 16.4. The second-order valence-corrected chi connectivity index (χ2v) is 7.83. The van der Waals surface area contributed by atoms with Crippen molar-refractivity contribution in [2.75, 3.05) is 7.05 Å². The molecular weight excluding hydrogens is 362 g/mol. The van der Waals surface area contributed by atoms with Gasteiger partial charge < -0.3 is 4.90 Å². The van der Waals surface area contributed by atoms with Gasteiger partial charge in [0, 0.05) is 48.4 Å². The van der Waals surface area contributed by atoms with Crippen molar-refractivity contribution in [1.82, 2.24) is 24.6 Å². The van der Waals surface area contributed by atoms with E-state index < -0.39 is 0 Å². The molecule has 3 aromatic heterocycles. The van der Waals surface area contributed by atoms with Gasteiger partial charge in [-0.25, -0.2) is 4.68 Å². The van der Waals surface area contributed by atoms with Crippen LogP contribution in [-0.4, -0.2) is 37.6 Å². The van der Waals surface area contributed by atoms with Gasteiger partial charge in [0.05, 0.1) is 22.8 Å². The van der Waals surface area contributed by atoms with Gasteiger partial charge in [0.1, 0.15) is 0 Å². The van der Waals surface area contributed by atoms with Crippen molar-refractivity contribution < 1.29 is 4.79 Å². The second kappa shape index (κ2) is 5.98. The molecule has 142 valence electrons. The summed E-state index contributed by atoms with van der Waals surface area (Å²) in [6, 6.07) is 15.9. The highest BCUT2D eigenvalue weighted by Gasteiger charge is 2.52. The zero-order chi connectivity index (χ0) is 19.5. The maximum absolute atomic E-state index is 13.0. The lowest BCUT2D eigenvalue weighted by Gasteiger charge is -2.22. The van der Waals surface area contributed by atoms with E-state index in [1.54, 1.807) is 12.4 Å². The van der Waals surface area contributed by atoms with Crippen LogP contribution in [0.5, 0.6) is 0 Å². The number of carbonyl (C=O) groups is 1. The third kappa shape index (κ3) is 2.42. The molecule has 0 radical (unpaired) electrons. The predicted octanol–water partition coefficient (Wildman–Crippen LogP) is 3.75. The summed E-state index contributed by atoms with van der Waals surface area (Å²) < 4.78 is 1.86. The van der Waals surface area contributed by atoms with E-state index in [0.29, 0.717) is 11.8 Å². The van der Waals surface area contributed by atoms with Crippen LogP contribution >= 0.6 is 0 Å². The van der Waals surface area contributed by atoms with Crippen molar-refractivity contribution in [1.29, 1.82) is 0 Å². The summed E-state index contributed by atoms with van der Waals surface area (Å²) in [4.78, 5) is 24.1. The molecular formula is C23H19N5O. The summed E-state index contributed by atoms with van der Waals surface area (Å²) in [7, 11) is 1.91. The zero-order valence-corrected chi connectivity index (χ0v) is 15.9. The van der Waals surface area contributed by atoms with Crippen LogP contribution < -0.4 is 0 Å². The van der Waals surface area contributed by atoms with Crippen molar-refractivity contribution in [2.24, 2.45) is 5.92 Å². The maximum Gasteiger partial charge on any atom is 0.254 e. The topological polar surface area (TPSA) is 63.9 Å². The molecule has 1 fully saturated rings. The fraction of sp³-hybridized carbons (Fsp3) is 0.217. The molecule has 1 aliphatic heterocycles. The Morgan fingerprint density at radius 2 is 1.93 bits per heavy atom. The fourth-order valence-electron chi connectivity index (χ4n) is 4.76. The van der Waals surface area contributed by atoms with Crippen molar-refractivity contribution in [2.45, 2.75) is 18.4 Å². The van der Waals surface area contributed by atoms with E-state index >= 15 is 0 Å². The molecule has 6 heteroatoms. The predicted molar refractivity (Wildman–Crippen MR) is 109 cm³/mol. The number of rotatable bonds is 3. The van der Waals surface area contributed by atoms with E-state index in [4.69, 9.17) is 4.98 Å². The number of fused-ring (bicyclic) bond motifs is 2. The maximum atomic E-state index is 13.0. The number of benzene rings is 1. The van der Waals surface area contributed by atoms with Crippen molar-refractivity contribution >= 4 is 16.9 Å². The lowest BCUT2D eigenvalue weighted by molar-refractivity contribution is 0.0758. The van der Waals surface area contributed by atoms with E-state index in [2.05, 4.69) is 16.1 Å². The third-order valence-electron chi connectivity index (χ3n) is 6.20. The minimum Gasteiger partial charge on any atom is -0.334 e. The van der Waals surface area contributed by atoms with Crippen LogP contribution in [0.15, 0.2) is 67.1 Å². The highest BCUT2D eigenvalue weighted by atomic mass is 16.2. The lowest BCUT2D eigenvalue weighted by Crippen LogP contribution is -2.25. The summed E-state index contributed by atoms with van der Waals surface area (Å²) in [5, 5.41) is 4.41. The SMILES string of the molecule is CN1C(=O)c2cccc(-n3cccn3)c2C1C1CC1c1ccc2ncccc2n1. The quantitative estimate of drug-likeness (QED) is 0.542. The monoisotopic (exact) mass is 381 g/mol. The molecule has 4 heterocycles. The second-order valence-electron chi connectivity index (χ2n) is 7.83. The summed E-state index contributed by atoms with van der Waals surface area (Å²) in [6.07, 6.45) is 6.50. The van der Waals surface area contributed by atoms with Gasteiger partial charge in [0.15, 0.2) is 0 Å². The van der Waals surface area contributed by atoms with Gasteiger partial charge in [-0.05, 0) is 54.8 Å². The molecule has 2 aliphatic rings. The molecule has 6 nitrogen and oxygen atoms in total. The highest BCUT2D eigenvalue weighted by Crippen LogP contribution is 2.58. The van der Waals surface area contributed by atoms with Crippen LogP contribution in [0, 0.1) is 5.92 Å². The minimum atomic E-state index is 0.0364. The Labute approximate surface area is 167 Å². The van der Waals surface area contributed by atoms with E-state index in [-0.39, 0.29) is 11.9 Å². The number of amides is 1. The van der Waals surface area contributed by atoms with Gasteiger partial charge in [-0.15, -0.1) is 0 Å². The largest absolute Gasteiger partial charge is 0.334 e. The van der Waals surface area contributed by atoms with Gasteiger partial charge in [-0.2, -0.15) is 5.10 Å². The number of hydrogen-bond donors (Lipinski definition) is 0. The normalized spacial score (nSPS) is 22.9. The van der Waals surface area contributed by atoms with Crippen molar-refractivity contribution in [3.05, 3.63) is 83.9 Å². The molecule has 0 spiro atoms. The Kier molecular flexibility index (Phi) is 3.38. The average molecular weight is 381 g/mol.